The first-order valence-electron chi connectivity index (χ1n) is 5.97. The van der Waals surface area contributed by atoms with Crippen molar-refractivity contribution in [1.82, 2.24) is 9.97 Å². The number of anilines is 2. The number of nitrogens with zero attached hydrogens (tertiary/aromatic N) is 3. The van der Waals surface area contributed by atoms with Crippen LogP contribution in [0, 0.1) is 0 Å². The molecule has 20 heavy (non-hydrogen) atoms. The van der Waals surface area contributed by atoms with Crippen molar-refractivity contribution in [3.05, 3.63) is 59.9 Å². The SMILES string of the molecule is CN(c1ccccc1)c1nc(Cl)nc2ccccc12.Cl. The van der Waals surface area contributed by atoms with Gasteiger partial charge in [-0.3, -0.25) is 0 Å². The molecule has 5 heteroatoms. The van der Waals surface area contributed by atoms with Crippen LogP contribution in [0.5, 0.6) is 0 Å². The second-order valence-corrected chi connectivity index (χ2v) is 4.57. The summed E-state index contributed by atoms with van der Waals surface area (Å²) in [6.45, 7) is 0. The van der Waals surface area contributed by atoms with Gasteiger partial charge in [-0.15, -0.1) is 12.4 Å². The molecule has 0 aliphatic heterocycles. The second-order valence-electron chi connectivity index (χ2n) is 4.23. The van der Waals surface area contributed by atoms with Gasteiger partial charge >= 0.3 is 0 Å². The summed E-state index contributed by atoms with van der Waals surface area (Å²) in [7, 11) is 1.97. The Morgan fingerprint density at radius 3 is 2.30 bits per heavy atom. The van der Waals surface area contributed by atoms with E-state index in [0.29, 0.717) is 0 Å². The largest absolute Gasteiger partial charge is 0.329 e. The van der Waals surface area contributed by atoms with Crippen LogP contribution in [-0.2, 0) is 0 Å². The van der Waals surface area contributed by atoms with Crippen LogP contribution in [0.25, 0.3) is 10.9 Å². The van der Waals surface area contributed by atoms with Gasteiger partial charge < -0.3 is 4.90 Å². The van der Waals surface area contributed by atoms with E-state index in [0.717, 1.165) is 22.4 Å². The number of para-hydroxylation sites is 2. The summed E-state index contributed by atoms with van der Waals surface area (Å²) >= 11 is 6.01. The van der Waals surface area contributed by atoms with E-state index >= 15 is 0 Å². The maximum Gasteiger partial charge on any atom is 0.224 e. The Morgan fingerprint density at radius 2 is 1.55 bits per heavy atom. The van der Waals surface area contributed by atoms with E-state index in [1.165, 1.54) is 0 Å². The highest BCUT2D eigenvalue weighted by molar-refractivity contribution is 6.28. The fourth-order valence-electron chi connectivity index (χ4n) is 2.06. The molecule has 3 nitrogen and oxygen atoms in total. The van der Waals surface area contributed by atoms with E-state index < -0.39 is 0 Å². The molecule has 0 aliphatic carbocycles. The molecule has 1 heterocycles. The van der Waals surface area contributed by atoms with Gasteiger partial charge in [-0.1, -0.05) is 30.3 Å². The molecular formula is C15H13Cl2N3. The van der Waals surface area contributed by atoms with Gasteiger partial charge in [0.1, 0.15) is 5.82 Å². The number of fused-ring (bicyclic) bond motifs is 1. The quantitative estimate of drug-likeness (QED) is 0.654. The molecule has 0 amide bonds. The van der Waals surface area contributed by atoms with Crippen molar-refractivity contribution in [3.63, 3.8) is 0 Å². The highest BCUT2D eigenvalue weighted by Crippen LogP contribution is 2.29. The maximum absolute atomic E-state index is 6.01. The lowest BCUT2D eigenvalue weighted by molar-refractivity contribution is 1.11. The summed E-state index contributed by atoms with van der Waals surface area (Å²) in [6.07, 6.45) is 0. The molecule has 3 rings (SSSR count). The first-order valence-corrected chi connectivity index (χ1v) is 6.34. The third kappa shape index (κ3) is 2.69. The van der Waals surface area contributed by atoms with Crippen LogP contribution in [0.4, 0.5) is 11.5 Å². The molecule has 0 unspecified atom stereocenters. The molecule has 102 valence electrons. The molecule has 0 spiro atoms. The predicted molar refractivity (Wildman–Crippen MR) is 86.3 cm³/mol. The zero-order chi connectivity index (χ0) is 13.2. The first-order chi connectivity index (χ1) is 9.25. The number of benzene rings is 2. The Hall–Kier alpha value is -1.84. The van der Waals surface area contributed by atoms with Gasteiger partial charge in [-0.25, -0.2) is 4.98 Å². The molecule has 0 aliphatic rings. The van der Waals surface area contributed by atoms with Crippen LogP contribution in [-0.4, -0.2) is 17.0 Å². The fraction of sp³-hybridized carbons (Fsp3) is 0.0667. The van der Waals surface area contributed by atoms with Crippen molar-refractivity contribution >= 4 is 46.4 Å². The lowest BCUT2D eigenvalue weighted by atomic mass is 10.2. The number of hydrogen-bond acceptors (Lipinski definition) is 3. The van der Waals surface area contributed by atoms with Crippen LogP contribution in [0.15, 0.2) is 54.6 Å². The average molecular weight is 306 g/mol. The minimum absolute atomic E-state index is 0. The summed E-state index contributed by atoms with van der Waals surface area (Å²) < 4.78 is 0. The Bertz CT molecular complexity index is 717. The predicted octanol–water partition coefficient (Wildman–Crippen LogP) is 4.47. The maximum atomic E-state index is 6.01. The zero-order valence-electron chi connectivity index (χ0n) is 10.8. The van der Waals surface area contributed by atoms with Crippen molar-refractivity contribution < 1.29 is 0 Å². The molecule has 3 aromatic rings. The molecule has 0 N–H and O–H groups in total. The molecule has 0 bridgehead atoms. The highest BCUT2D eigenvalue weighted by Gasteiger charge is 2.11. The van der Waals surface area contributed by atoms with Gasteiger partial charge in [0.2, 0.25) is 5.28 Å². The molecule has 0 saturated heterocycles. The topological polar surface area (TPSA) is 29.0 Å². The van der Waals surface area contributed by atoms with Crippen LogP contribution in [0.1, 0.15) is 0 Å². The minimum Gasteiger partial charge on any atom is -0.329 e. The third-order valence-electron chi connectivity index (χ3n) is 3.02. The number of aromatic nitrogens is 2. The standard InChI is InChI=1S/C15H12ClN3.ClH/c1-19(11-7-3-2-4-8-11)14-12-9-5-6-10-13(12)17-15(16)18-14;/h2-10H,1H3;1H. The van der Waals surface area contributed by atoms with Gasteiger partial charge in [-0.2, -0.15) is 4.98 Å². The number of halogens is 2. The normalized spacial score (nSPS) is 10.1. The van der Waals surface area contributed by atoms with E-state index in [1.54, 1.807) is 0 Å². The van der Waals surface area contributed by atoms with Crippen LogP contribution >= 0.6 is 24.0 Å². The zero-order valence-corrected chi connectivity index (χ0v) is 12.4. The first kappa shape index (κ1) is 14.6. The van der Waals surface area contributed by atoms with Crippen molar-refractivity contribution in [2.75, 3.05) is 11.9 Å². The van der Waals surface area contributed by atoms with Crippen molar-refractivity contribution in [2.24, 2.45) is 0 Å². The van der Waals surface area contributed by atoms with Gasteiger partial charge in [-0.05, 0) is 35.9 Å². The van der Waals surface area contributed by atoms with E-state index in [9.17, 15) is 0 Å². The molecule has 1 aromatic heterocycles. The molecule has 0 saturated carbocycles. The molecule has 2 aromatic carbocycles. The number of rotatable bonds is 2. The van der Waals surface area contributed by atoms with Gasteiger partial charge in [0.05, 0.1) is 5.52 Å². The minimum atomic E-state index is 0. The van der Waals surface area contributed by atoms with Crippen molar-refractivity contribution in [2.45, 2.75) is 0 Å². The van der Waals surface area contributed by atoms with Gasteiger partial charge in [0, 0.05) is 18.1 Å². The van der Waals surface area contributed by atoms with Gasteiger partial charge in [0.25, 0.3) is 0 Å². The lowest BCUT2D eigenvalue weighted by Gasteiger charge is -2.19. The van der Waals surface area contributed by atoms with E-state index in [2.05, 4.69) is 9.97 Å². The monoisotopic (exact) mass is 305 g/mol. The summed E-state index contributed by atoms with van der Waals surface area (Å²) in [6, 6.07) is 17.9. The Balaban J connectivity index is 0.00000147. The lowest BCUT2D eigenvalue weighted by Crippen LogP contribution is -2.12. The van der Waals surface area contributed by atoms with E-state index in [1.807, 2.05) is 66.5 Å². The Kier molecular flexibility index (Phi) is 4.42. The van der Waals surface area contributed by atoms with E-state index in [4.69, 9.17) is 11.6 Å². The van der Waals surface area contributed by atoms with Crippen LogP contribution in [0.2, 0.25) is 5.28 Å². The van der Waals surface area contributed by atoms with Crippen LogP contribution in [0.3, 0.4) is 0 Å². The number of hydrogen-bond donors (Lipinski definition) is 0. The Labute approximate surface area is 128 Å². The average Bonchev–Trinajstić information content (AvgIpc) is 2.46. The third-order valence-corrected chi connectivity index (χ3v) is 3.19. The summed E-state index contributed by atoms with van der Waals surface area (Å²) in [4.78, 5) is 10.6. The van der Waals surface area contributed by atoms with E-state index in [-0.39, 0.29) is 17.7 Å². The van der Waals surface area contributed by atoms with Crippen LogP contribution < -0.4 is 4.90 Å². The van der Waals surface area contributed by atoms with Crippen molar-refractivity contribution in [3.8, 4) is 0 Å². The summed E-state index contributed by atoms with van der Waals surface area (Å²) in [5.41, 5.74) is 1.91. The Morgan fingerprint density at radius 1 is 0.900 bits per heavy atom. The molecule has 0 atom stereocenters. The molecule has 0 radical (unpaired) electrons. The second kappa shape index (κ2) is 6.07. The fourth-order valence-corrected chi connectivity index (χ4v) is 2.23. The highest BCUT2D eigenvalue weighted by atomic mass is 35.5. The summed E-state index contributed by atoms with van der Waals surface area (Å²) in [5, 5.41) is 1.25. The van der Waals surface area contributed by atoms with Gasteiger partial charge in [0.15, 0.2) is 0 Å². The molecular weight excluding hydrogens is 293 g/mol. The summed E-state index contributed by atoms with van der Waals surface area (Å²) in [5.74, 6) is 0.807. The molecule has 0 fully saturated rings. The van der Waals surface area contributed by atoms with Crippen molar-refractivity contribution in [1.29, 1.82) is 0 Å². The smallest absolute Gasteiger partial charge is 0.224 e.